The number of carbonyl (C=O) groups excluding carboxylic acids is 1. The molecule has 1 saturated heterocycles. The van der Waals surface area contributed by atoms with Crippen LogP contribution in [0.4, 0.5) is 9.57 Å². The van der Waals surface area contributed by atoms with Crippen molar-refractivity contribution < 1.29 is 17.1 Å². The number of halogens is 3. The Kier molecular flexibility index (Phi) is 4.03. The summed E-state index contributed by atoms with van der Waals surface area (Å²) in [6.45, 7) is 0.153. The average Bonchev–Trinajstić information content (AvgIpc) is 2.61. The fourth-order valence-electron chi connectivity index (χ4n) is 2.08. The lowest BCUT2D eigenvalue weighted by Gasteiger charge is -2.17. The number of amides is 1. The molecule has 1 heterocycles. The van der Waals surface area contributed by atoms with Crippen molar-refractivity contribution in [3.05, 3.63) is 28.2 Å². The van der Waals surface area contributed by atoms with Crippen LogP contribution in [0.1, 0.15) is 6.42 Å². The van der Waals surface area contributed by atoms with E-state index in [1.807, 2.05) is 0 Å². The molecule has 0 aliphatic carbocycles. The van der Waals surface area contributed by atoms with Gasteiger partial charge in [0, 0.05) is 24.6 Å². The second-order valence-electron chi connectivity index (χ2n) is 4.38. The molecule has 19 heavy (non-hydrogen) atoms. The molecule has 1 aromatic rings. The first kappa shape index (κ1) is 14.6. The topological polar surface area (TPSA) is 54.5 Å². The molecule has 1 fully saturated rings. The van der Waals surface area contributed by atoms with Gasteiger partial charge in [-0.05, 0) is 18.2 Å². The van der Waals surface area contributed by atoms with Gasteiger partial charge < -0.3 is 4.90 Å². The maximum Gasteiger partial charge on any atom is 0.302 e. The van der Waals surface area contributed by atoms with E-state index in [9.17, 15) is 17.1 Å². The van der Waals surface area contributed by atoms with Crippen molar-refractivity contribution in [3.63, 3.8) is 0 Å². The van der Waals surface area contributed by atoms with E-state index < -0.39 is 21.9 Å². The molecule has 1 unspecified atom stereocenters. The Morgan fingerprint density at radius 3 is 2.58 bits per heavy atom. The second-order valence-corrected chi connectivity index (χ2v) is 6.60. The highest BCUT2D eigenvalue weighted by Crippen LogP contribution is 2.31. The molecule has 2 rings (SSSR count). The summed E-state index contributed by atoms with van der Waals surface area (Å²) in [6, 6.07) is 4.68. The van der Waals surface area contributed by atoms with Crippen LogP contribution in [0.3, 0.4) is 0 Å². The van der Waals surface area contributed by atoms with Gasteiger partial charge in [0.15, 0.2) is 0 Å². The largest absolute Gasteiger partial charge is 0.312 e. The van der Waals surface area contributed by atoms with Crippen molar-refractivity contribution in [1.29, 1.82) is 0 Å². The lowest BCUT2D eigenvalue weighted by molar-refractivity contribution is -0.117. The van der Waals surface area contributed by atoms with E-state index in [0.717, 1.165) is 0 Å². The summed E-state index contributed by atoms with van der Waals surface area (Å²) >= 11 is 11.6. The van der Waals surface area contributed by atoms with Gasteiger partial charge in [-0.2, -0.15) is 8.42 Å². The molecule has 0 N–H and O–H groups in total. The monoisotopic (exact) mass is 325 g/mol. The fraction of sp³-hybridized carbons (Fsp3) is 0.364. The van der Waals surface area contributed by atoms with Crippen LogP contribution in [0.25, 0.3) is 0 Å². The molecule has 1 aromatic carbocycles. The van der Waals surface area contributed by atoms with Gasteiger partial charge in [-0.3, -0.25) is 4.79 Å². The molecule has 0 spiro atoms. The number of anilines is 1. The highest BCUT2D eigenvalue weighted by molar-refractivity contribution is 7.86. The molecule has 0 radical (unpaired) electrons. The standard InChI is InChI=1S/C11H10Cl2FNO3S/c12-9-2-1-8(4-10(9)13)15-5-7(3-11(15)16)6-19(14,17)18/h1-2,4,7H,3,5-6H2. The second kappa shape index (κ2) is 5.26. The Bertz CT molecular complexity index is 620. The third-order valence-corrected chi connectivity index (χ3v) is 4.46. The molecule has 8 heteroatoms. The number of hydrogen-bond donors (Lipinski definition) is 0. The normalized spacial score (nSPS) is 20.1. The van der Waals surface area contributed by atoms with E-state index in [4.69, 9.17) is 23.2 Å². The first-order valence-corrected chi connectivity index (χ1v) is 7.75. The Balaban J connectivity index is 2.18. The third-order valence-electron chi connectivity index (χ3n) is 2.85. The molecule has 4 nitrogen and oxygen atoms in total. The zero-order valence-corrected chi connectivity index (χ0v) is 12.0. The highest BCUT2D eigenvalue weighted by atomic mass is 35.5. The first-order valence-electron chi connectivity index (χ1n) is 5.44. The minimum Gasteiger partial charge on any atom is -0.312 e. The molecule has 1 atom stereocenters. The van der Waals surface area contributed by atoms with Crippen molar-refractivity contribution in [3.8, 4) is 0 Å². The summed E-state index contributed by atoms with van der Waals surface area (Å²) in [5.41, 5.74) is 0.526. The predicted molar refractivity (Wildman–Crippen MR) is 71.8 cm³/mol. The Hall–Kier alpha value is -0.850. The van der Waals surface area contributed by atoms with Crippen LogP contribution >= 0.6 is 23.2 Å². The maximum atomic E-state index is 12.6. The van der Waals surface area contributed by atoms with E-state index in [2.05, 4.69) is 0 Å². The van der Waals surface area contributed by atoms with Crippen LogP contribution in [0, 0.1) is 5.92 Å². The molecule has 1 amide bonds. The summed E-state index contributed by atoms with van der Waals surface area (Å²) < 4.78 is 33.8. The summed E-state index contributed by atoms with van der Waals surface area (Å²) in [7, 11) is -4.58. The van der Waals surface area contributed by atoms with Crippen LogP contribution in [0.2, 0.25) is 10.0 Å². The third kappa shape index (κ3) is 3.58. The molecular formula is C11H10Cl2FNO3S. The Labute approximate surface area is 120 Å². The summed E-state index contributed by atoms with van der Waals surface area (Å²) in [5, 5.41) is 0.661. The molecule has 0 bridgehead atoms. The van der Waals surface area contributed by atoms with Gasteiger partial charge >= 0.3 is 10.2 Å². The van der Waals surface area contributed by atoms with Crippen molar-refractivity contribution in [2.24, 2.45) is 5.92 Å². The number of benzene rings is 1. The minimum atomic E-state index is -4.58. The molecule has 1 aliphatic heterocycles. The SMILES string of the molecule is O=C1CC(CS(=O)(=O)F)CN1c1ccc(Cl)c(Cl)c1. The zero-order chi connectivity index (χ0) is 14.2. The van der Waals surface area contributed by atoms with Crippen molar-refractivity contribution in [2.45, 2.75) is 6.42 Å². The summed E-state index contributed by atoms with van der Waals surface area (Å²) in [6.07, 6.45) is 0.00337. The highest BCUT2D eigenvalue weighted by Gasteiger charge is 2.33. The first-order chi connectivity index (χ1) is 8.76. The van der Waals surface area contributed by atoms with Gasteiger partial charge in [0.05, 0.1) is 15.8 Å². The van der Waals surface area contributed by atoms with Crippen LogP contribution < -0.4 is 4.90 Å². The van der Waals surface area contributed by atoms with Gasteiger partial charge in [0.25, 0.3) is 0 Å². The van der Waals surface area contributed by atoms with Crippen LogP contribution in [0.15, 0.2) is 18.2 Å². The maximum absolute atomic E-state index is 12.6. The number of carbonyl (C=O) groups is 1. The summed E-state index contributed by atoms with van der Waals surface area (Å²) in [4.78, 5) is 13.2. The molecule has 0 saturated carbocycles. The van der Waals surface area contributed by atoms with Gasteiger partial charge in [0.1, 0.15) is 0 Å². The number of nitrogens with zero attached hydrogens (tertiary/aromatic N) is 1. The fourth-order valence-corrected chi connectivity index (χ4v) is 3.16. The van der Waals surface area contributed by atoms with Crippen LogP contribution in [-0.4, -0.2) is 26.6 Å². The quantitative estimate of drug-likeness (QED) is 0.803. The van der Waals surface area contributed by atoms with Gasteiger partial charge in [-0.25, -0.2) is 0 Å². The smallest absolute Gasteiger partial charge is 0.302 e. The molecule has 104 valence electrons. The Morgan fingerprint density at radius 1 is 1.32 bits per heavy atom. The molecular weight excluding hydrogens is 316 g/mol. The van der Waals surface area contributed by atoms with Crippen molar-refractivity contribution in [2.75, 3.05) is 17.2 Å². The number of hydrogen-bond acceptors (Lipinski definition) is 3. The molecule has 1 aliphatic rings. The zero-order valence-electron chi connectivity index (χ0n) is 9.64. The van der Waals surface area contributed by atoms with E-state index in [0.29, 0.717) is 15.7 Å². The van der Waals surface area contributed by atoms with E-state index in [1.54, 1.807) is 12.1 Å². The average molecular weight is 326 g/mol. The van der Waals surface area contributed by atoms with E-state index in [-0.39, 0.29) is 18.9 Å². The lowest BCUT2D eigenvalue weighted by atomic mass is 10.1. The van der Waals surface area contributed by atoms with Gasteiger partial charge in [-0.1, -0.05) is 23.2 Å². The van der Waals surface area contributed by atoms with Gasteiger partial charge in [0.2, 0.25) is 5.91 Å². The van der Waals surface area contributed by atoms with Crippen LogP contribution in [0.5, 0.6) is 0 Å². The summed E-state index contributed by atoms with van der Waals surface area (Å²) in [5.74, 6) is -1.44. The lowest BCUT2D eigenvalue weighted by Crippen LogP contribution is -2.25. The Morgan fingerprint density at radius 2 is 2.00 bits per heavy atom. The van der Waals surface area contributed by atoms with E-state index in [1.165, 1.54) is 11.0 Å². The van der Waals surface area contributed by atoms with Gasteiger partial charge in [-0.15, -0.1) is 3.89 Å². The molecule has 0 aromatic heterocycles. The number of rotatable bonds is 3. The van der Waals surface area contributed by atoms with Crippen LogP contribution in [-0.2, 0) is 15.0 Å². The van der Waals surface area contributed by atoms with E-state index >= 15 is 0 Å². The predicted octanol–water partition coefficient (Wildman–Crippen LogP) is 2.65. The van der Waals surface area contributed by atoms with Crippen molar-refractivity contribution in [1.82, 2.24) is 0 Å². The minimum absolute atomic E-state index is 0.00337. The van der Waals surface area contributed by atoms with Crippen molar-refractivity contribution >= 4 is 45.0 Å².